The molecule has 0 unspecified atom stereocenters. The van der Waals surface area contributed by atoms with E-state index in [2.05, 4.69) is 31.3 Å². The molecule has 1 atom stereocenters. The number of benzene rings is 1. The molecule has 3 aliphatic heterocycles. The molecule has 1 aromatic carbocycles. The van der Waals surface area contributed by atoms with Crippen molar-refractivity contribution in [2.75, 3.05) is 26.7 Å². The first-order valence-corrected chi connectivity index (χ1v) is 10.2. The van der Waals surface area contributed by atoms with Gasteiger partial charge in [0.1, 0.15) is 6.54 Å². The molecular weight excluding hydrogens is 437 g/mol. The van der Waals surface area contributed by atoms with Crippen molar-refractivity contribution in [3.05, 3.63) is 35.9 Å². The molecule has 144 valence electrons. The summed E-state index contributed by atoms with van der Waals surface area (Å²) < 4.78 is 7.38. The second kappa shape index (κ2) is 8.17. The van der Waals surface area contributed by atoms with Crippen molar-refractivity contribution in [3.63, 3.8) is 0 Å². The van der Waals surface area contributed by atoms with Gasteiger partial charge in [0.25, 0.3) is 0 Å². The van der Waals surface area contributed by atoms with E-state index >= 15 is 0 Å². The lowest BCUT2D eigenvalue weighted by Crippen LogP contribution is -3.00. The third-order valence-corrected chi connectivity index (χ3v) is 7.16. The van der Waals surface area contributed by atoms with Gasteiger partial charge < -0.3 is 33.2 Å². The molecule has 3 saturated heterocycles. The van der Waals surface area contributed by atoms with Crippen molar-refractivity contribution in [2.24, 2.45) is 5.92 Å². The van der Waals surface area contributed by atoms with Gasteiger partial charge in [0.05, 0.1) is 25.6 Å². The maximum Gasteiger partial charge on any atom is 0.317 e. The summed E-state index contributed by atoms with van der Waals surface area (Å²) in [7, 11) is 2.33. The van der Waals surface area contributed by atoms with Gasteiger partial charge in [0, 0.05) is 18.8 Å². The number of esters is 1. The smallest absolute Gasteiger partial charge is 0.317 e. The molecule has 0 N–H and O–H groups in total. The molecule has 26 heavy (non-hydrogen) atoms. The first-order chi connectivity index (χ1) is 12.1. The molecular formula is C22H32INO2. The Kier molecular flexibility index (Phi) is 6.33. The third kappa shape index (κ3) is 3.82. The zero-order valence-electron chi connectivity index (χ0n) is 16.0. The predicted octanol–water partition coefficient (Wildman–Crippen LogP) is 1.06. The maximum absolute atomic E-state index is 13.5. The van der Waals surface area contributed by atoms with Crippen molar-refractivity contribution in [1.82, 2.24) is 0 Å². The summed E-state index contributed by atoms with van der Waals surface area (Å²) >= 11 is 0. The summed E-state index contributed by atoms with van der Waals surface area (Å²) in [6.45, 7) is 3.52. The topological polar surface area (TPSA) is 26.3 Å². The van der Waals surface area contributed by atoms with Crippen molar-refractivity contribution in [2.45, 2.75) is 62.9 Å². The van der Waals surface area contributed by atoms with E-state index in [-0.39, 0.29) is 36.0 Å². The molecule has 3 nitrogen and oxygen atoms in total. The molecule has 4 aliphatic rings. The van der Waals surface area contributed by atoms with Crippen LogP contribution in [0.4, 0.5) is 0 Å². The molecule has 0 amide bonds. The summed E-state index contributed by atoms with van der Waals surface area (Å²) in [5.74, 6) is 0.647. The number of carbonyl (C=O) groups excluding carboxylic acids is 1. The Balaban J connectivity index is 0.00000196. The minimum Gasteiger partial charge on any atom is -1.00 e. The number of fused-ring (bicyclic) bond motifs is 3. The second-order valence-electron chi connectivity index (χ2n) is 8.89. The minimum absolute atomic E-state index is 0. The number of quaternary nitrogens is 1. The van der Waals surface area contributed by atoms with Crippen molar-refractivity contribution >= 4 is 5.97 Å². The lowest BCUT2D eigenvalue weighted by Gasteiger charge is -2.50. The van der Waals surface area contributed by atoms with E-state index in [0.717, 1.165) is 36.7 Å². The average Bonchev–Trinajstić information content (AvgIpc) is 2.90. The van der Waals surface area contributed by atoms with Crippen LogP contribution >= 0.6 is 0 Å². The van der Waals surface area contributed by atoms with Gasteiger partial charge in [-0.2, -0.15) is 0 Å². The van der Waals surface area contributed by atoms with E-state index in [0.29, 0.717) is 5.92 Å². The van der Waals surface area contributed by atoms with Crippen LogP contribution in [-0.4, -0.2) is 43.2 Å². The standard InChI is InChI=1S/C22H32NO2.HI/c1-23-15-11-18(12-16-23)20(17-23)25-21(24)22(13-7-2-3-8-14-22)19-9-5-4-6-10-19;/h4-6,9-10,18,20H,2-3,7-8,11-17H2,1H3;1H/q+1;/p-1/t18?,20-,23?;/m0./s1. The number of likely N-dealkylation sites (N-methyl/N-ethyl adjacent to an activating group) is 1. The van der Waals surface area contributed by atoms with Gasteiger partial charge in [-0.05, 0) is 18.4 Å². The van der Waals surface area contributed by atoms with Crippen molar-refractivity contribution in [3.8, 4) is 0 Å². The van der Waals surface area contributed by atoms with Crippen LogP contribution in [0.25, 0.3) is 0 Å². The monoisotopic (exact) mass is 469 g/mol. The van der Waals surface area contributed by atoms with Crippen LogP contribution in [0.15, 0.2) is 30.3 Å². The summed E-state index contributed by atoms with van der Waals surface area (Å²) in [5.41, 5.74) is 0.756. The van der Waals surface area contributed by atoms with Crippen LogP contribution in [0.3, 0.4) is 0 Å². The normalized spacial score (nSPS) is 33.0. The Labute approximate surface area is 175 Å². The number of ether oxygens (including phenoxy) is 1. The zero-order valence-corrected chi connectivity index (χ0v) is 18.1. The van der Waals surface area contributed by atoms with Crippen molar-refractivity contribution < 1.29 is 38.0 Å². The molecule has 1 saturated carbocycles. The average molecular weight is 469 g/mol. The molecule has 0 spiro atoms. The Morgan fingerprint density at radius 2 is 1.65 bits per heavy atom. The molecule has 2 bridgehead atoms. The number of carbonyl (C=O) groups is 1. The van der Waals surface area contributed by atoms with E-state index in [1.165, 1.54) is 44.3 Å². The Bertz CT molecular complexity index is 602. The van der Waals surface area contributed by atoms with E-state index in [1.807, 2.05) is 6.07 Å². The van der Waals surface area contributed by atoms with E-state index in [4.69, 9.17) is 4.74 Å². The summed E-state index contributed by atoms with van der Waals surface area (Å²) in [5, 5.41) is 0. The first-order valence-electron chi connectivity index (χ1n) is 10.2. The fourth-order valence-corrected chi connectivity index (χ4v) is 5.43. The maximum atomic E-state index is 13.5. The molecule has 4 fully saturated rings. The summed E-state index contributed by atoms with van der Waals surface area (Å²) in [6, 6.07) is 10.4. The number of nitrogens with zero attached hydrogens (tertiary/aromatic N) is 1. The van der Waals surface area contributed by atoms with Crippen LogP contribution in [-0.2, 0) is 14.9 Å². The number of hydrogen-bond acceptors (Lipinski definition) is 2. The van der Waals surface area contributed by atoms with Gasteiger partial charge in [-0.25, -0.2) is 0 Å². The molecule has 1 aliphatic carbocycles. The lowest BCUT2D eigenvalue weighted by molar-refractivity contribution is -0.928. The number of hydrogen-bond donors (Lipinski definition) is 0. The molecule has 3 heterocycles. The van der Waals surface area contributed by atoms with Gasteiger partial charge in [-0.15, -0.1) is 0 Å². The van der Waals surface area contributed by atoms with Gasteiger partial charge in [-0.3, -0.25) is 4.79 Å². The zero-order chi connectivity index (χ0) is 17.3. The highest BCUT2D eigenvalue weighted by Gasteiger charge is 2.48. The van der Waals surface area contributed by atoms with Crippen LogP contribution < -0.4 is 24.0 Å². The fraction of sp³-hybridized carbons (Fsp3) is 0.682. The SMILES string of the molecule is C[N+]12CCC(CC1)[C@@H](OC(=O)C1(c3ccccc3)CCCCCC1)C2.[I-]. The quantitative estimate of drug-likeness (QED) is 0.287. The fourth-order valence-electron chi connectivity index (χ4n) is 5.43. The second-order valence-corrected chi connectivity index (χ2v) is 8.89. The summed E-state index contributed by atoms with van der Waals surface area (Å²) in [4.78, 5) is 13.5. The Morgan fingerprint density at radius 1 is 1.04 bits per heavy atom. The van der Waals surface area contributed by atoms with Gasteiger partial charge in [0.2, 0.25) is 0 Å². The Morgan fingerprint density at radius 3 is 2.23 bits per heavy atom. The van der Waals surface area contributed by atoms with E-state index in [9.17, 15) is 4.79 Å². The third-order valence-electron chi connectivity index (χ3n) is 7.16. The molecule has 5 rings (SSSR count). The van der Waals surface area contributed by atoms with Crippen LogP contribution in [0.5, 0.6) is 0 Å². The van der Waals surface area contributed by atoms with Gasteiger partial charge in [-0.1, -0.05) is 56.0 Å². The molecule has 0 radical (unpaired) electrons. The van der Waals surface area contributed by atoms with Gasteiger partial charge >= 0.3 is 5.97 Å². The van der Waals surface area contributed by atoms with E-state index < -0.39 is 5.41 Å². The van der Waals surface area contributed by atoms with Gasteiger partial charge in [0.15, 0.2) is 6.10 Å². The number of halogens is 1. The van der Waals surface area contributed by atoms with Crippen LogP contribution in [0.1, 0.15) is 56.9 Å². The first kappa shape index (κ1) is 20.1. The van der Waals surface area contributed by atoms with E-state index in [1.54, 1.807) is 0 Å². The van der Waals surface area contributed by atoms with Crippen LogP contribution in [0.2, 0.25) is 0 Å². The van der Waals surface area contributed by atoms with Crippen LogP contribution in [0, 0.1) is 5.92 Å². The highest BCUT2D eigenvalue weighted by Crippen LogP contribution is 2.41. The lowest BCUT2D eigenvalue weighted by atomic mass is 9.74. The van der Waals surface area contributed by atoms with Crippen molar-refractivity contribution in [1.29, 1.82) is 0 Å². The number of rotatable bonds is 3. The molecule has 0 aromatic heterocycles. The predicted molar refractivity (Wildman–Crippen MR) is 99.2 cm³/mol. The Hall–Kier alpha value is -0.620. The minimum atomic E-state index is -0.414. The highest BCUT2D eigenvalue weighted by atomic mass is 127. The molecule has 4 heteroatoms. The summed E-state index contributed by atoms with van der Waals surface area (Å²) in [6.07, 6.45) is 9.19. The molecule has 1 aromatic rings. The number of piperidine rings is 3. The largest absolute Gasteiger partial charge is 1.00 e. The highest BCUT2D eigenvalue weighted by molar-refractivity contribution is 5.83.